The van der Waals surface area contributed by atoms with Gasteiger partial charge in [-0.25, -0.2) is 0 Å². The van der Waals surface area contributed by atoms with E-state index in [1.54, 1.807) is 24.3 Å². The number of aliphatic carboxylic acids is 1. The molecule has 0 heterocycles. The lowest BCUT2D eigenvalue weighted by atomic mass is 9.96. The summed E-state index contributed by atoms with van der Waals surface area (Å²) in [6.07, 6.45) is 2.54. The average Bonchev–Trinajstić information content (AvgIpc) is 2.88. The Morgan fingerprint density at radius 2 is 2.00 bits per heavy atom. The molecule has 2 atom stereocenters. The van der Waals surface area contributed by atoms with E-state index in [1.807, 2.05) is 0 Å². The van der Waals surface area contributed by atoms with Gasteiger partial charge >= 0.3 is 5.97 Å². The Morgan fingerprint density at radius 1 is 1.25 bits per heavy atom. The summed E-state index contributed by atoms with van der Waals surface area (Å²) in [5.74, 6) is -1.20. The molecule has 1 aliphatic carbocycles. The highest BCUT2D eigenvalue weighted by atomic mass is 16.4. The molecule has 0 aliphatic heterocycles. The van der Waals surface area contributed by atoms with Gasteiger partial charge in [0.15, 0.2) is 0 Å². The normalized spacial score (nSPS) is 21.6. The van der Waals surface area contributed by atoms with Crippen LogP contribution in [0.2, 0.25) is 0 Å². The van der Waals surface area contributed by atoms with Crippen molar-refractivity contribution >= 4 is 11.9 Å². The minimum absolute atomic E-state index is 0.0146. The number of carbonyl (C=O) groups is 2. The SMILES string of the molecule is O=C(Cc1ccccc1O)NCC1CCCC1C(=O)O. The van der Waals surface area contributed by atoms with Gasteiger partial charge in [-0.3, -0.25) is 9.59 Å². The van der Waals surface area contributed by atoms with E-state index in [2.05, 4.69) is 5.32 Å². The number of hydrogen-bond acceptors (Lipinski definition) is 3. The van der Waals surface area contributed by atoms with Gasteiger partial charge in [-0.1, -0.05) is 24.6 Å². The van der Waals surface area contributed by atoms with Crippen molar-refractivity contribution in [2.45, 2.75) is 25.7 Å². The lowest BCUT2D eigenvalue weighted by Crippen LogP contribution is -2.33. The number of rotatable bonds is 5. The number of hydrogen-bond donors (Lipinski definition) is 3. The molecule has 1 saturated carbocycles. The Hall–Kier alpha value is -2.04. The number of nitrogens with one attached hydrogen (secondary N) is 1. The highest BCUT2D eigenvalue weighted by Gasteiger charge is 2.32. The van der Waals surface area contributed by atoms with Crippen LogP contribution in [0.4, 0.5) is 0 Å². The van der Waals surface area contributed by atoms with Crippen LogP contribution < -0.4 is 5.32 Å². The van der Waals surface area contributed by atoms with Crippen LogP contribution in [0.3, 0.4) is 0 Å². The molecule has 1 fully saturated rings. The number of benzene rings is 1. The van der Waals surface area contributed by atoms with E-state index in [-0.39, 0.29) is 29.9 Å². The largest absolute Gasteiger partial charge is 0.508 e. The molecule has 2 rings (SSSR count). The number of para-hydroxylation sites is 1. The Labute approximate surface area is 117 Å². The predicted molar refractivity (Wildman–Crippen MR) is 73.3 cm³/mol. The van der Waals surface area contributed by atoms with Gasteiger partial charge in [0, 0.05) is 12.1 Å². The van der Waals surface area contributed by atoms with Crippen LogP contribution >= 0.6 is 0 Å². The fourth-order valence-electron chi connectivity index (χ4n) is 2.75. The molecule has 1 aliphatic rings. The second kappa shape index (κ2) is 6.41. The molecule has 1 amide bonds. The Morgan fingerprint density at radius 3 is 2.70 bits per heavy atom. The first-order valence-electron chi connectivity index (χ1n) is 6.84. The van der Waals surface area contributed by atoms with Gasteiger partial charge in [0.2, 0.25) is 5.91 Å². The zero-order valence-corrected chi connectivity index (χ0v) is 11.2. The summed E-state index contributed by atoms with van der Waals surface area (Å²) in [7, 11) is 0. The van der Waals surface area contributed by atoms with Crippen LogP contribution in [0.5, 0.6) is 5.75 Å². The lowest BCUT2D eigenvalue weighted by molar-refractivity contribution is -0.143. The number of carboxylic acids is 1. The molecule has 0 aromatic heterocycles. The molecular weight excluding hydrogens is 258 g/mol. The van der Waals surface area contributed by atoms with E-state index in [0.29, 0.717) is 18.5 Å². The molecule has 20 heavy (non-hydrogen) atoms. The Kier molecular flexibility index (Phi) is 4.61. The number of amides is 1. The van der Waals surface area contributed by atoms with E-state index in [9.17, 15) is 14.7 Å². The third kappa shape index (κ3) is 3.50. The number of carbonyl (C=O) groups excluding carboxylic acids is 1. The quantitative estimate of drug-likeness (QED) is 0.762. The number of aromatic hydroxyl groups is 1. The van der Waals surface area contributed by atoms with Crippen LogP contribution in [0.25, 0.3) is 0 Å². The van der Waals surface area contributed by atoms with Crippen molar-refractivity contribution in [2.24, 2.45) is 11.8 Å². The Balaban J connectivity index is 1.84. The highest BCUT2D eigenvalue weighted by molar-refractivity contribution is 5.79. The van der Waals surface area contributed by atoms with Gasteiger partial charge in [0.1, 0.15) is 5.75 Å². The first kappa shape index (κ1) is 14.4. The molecule has 0 saturated heterocycles. The molecule has 1 aromatic rings. The van der Waals surface area contributed by atoms with Crippen molar-refractivity contribution in [1.82, 2.24) is 5.32 Å². The summed E-state index contributed by atoms with van der Waals surface area (Å²) in [5, 5.41) is 21.4. The first-order chi connectivity index (χ1) is 9.58. The summed E-state index contributed by atoms with van der Waals surface area (Å²) in [4.78, 5) is 22.9. The van der Waals surface area contributed by atoms with E-state index in [4.69, 9.17) is 5.11 Å². The molecule has 0 bridgehead atoms. The molecule has 3 N–H and O–H groups in total. The van der Waals surface area contributed by atoms with Gasteiger partial charge in [-0.15, -0.1) is 0 Å². The molecule has 1 aromatic carbocycles. The molecule has 5 heteroatoms. The third-order valence-corrected chi connectivity index (χ3v) is 3.88. The van der Waals surface area contributed by atoms with E-state index in [1.165, 1.54) is 0 Å². The third-order valence-electron chi connectivity index (χ3n) is 3.88. The first-order valence-corrected chi connectivity index (χ1v) is 6.84. The van der Waals surface area contributed by atoms with E-state index in [0.717, 1.165) is 12.8 Å². The second-order valence-electron chi connectivity index (χ2n) is 5.25. The topological polar surface area (TPSA) is 86.6 Å². The van der Waals surface area contributed by atoms with Crippen molar-refractivity contribution in [3.05, 3.63) is 29.8 Å². The maximum absolute atomic E-state index is 11.8. The van der Waals surface area contributed by atoms with E-state index < -0.39 is 5.97 Å². The molecular formula is C15H19NO4. The minimum Gasteiger partial charge on any atom is -0.508 e. The van der Waals surface area contributed by atoms with Crippen molar-refractivity contribution in [3.8, 4) is 5.75 Å². The van der Waals surface area contributed by atoms with Gasteiger partial charge in [0.25, 0.3) is 0 Å². The summed E-state index contributed by atoms with van der Waals surface area (Å²) in [5.41, 5.74) is 0.575. The van der Waals surface area contributed by atoms with Gasteiger partial charge in [-0.2, -0.15) is 0 Å². The lowest BCUT2D eigenvalue weighted by Gasteiger charge is -2.16. The van der Waals surface area contributed by atoms with Crippen LogP contribution in [-0.2, 0) is 16.0 Å². The highest BCUT2D eigenvalue weighted by Crippen LogP contribution is 2.31. The molecule has 0 spiro atoms. The van der Waals surface area contributed by atoms with Gasteiger partial charge < -0.3 is 15.5 Å². The van der Waals surface area contributed by atoms with Crippen molar-refractivity contribution in [3.63, 3.8) is 0 Å². The number of carboxylic acid groups (broad SMARTS) is 1. The van der Waals surface area contributed by atoms with E-state index >= 15 is 0 Å². The van der Waals surface area contributed by atoms with Crippen molar-refractivity contribution in [2.75, 3.05) is 6.54 Å². The monoisotopic (exact) mass is 277 g/mol. The summed E-state index contributed by atoms with van der Waals surface area (Å²) >= 11 is 0. The molecule has 2 unspecified atom stereocenters. The average molecular weight is 277 g/mol. The van der Waals surface area contributed by atoms with Crippen LogP contribution in [0.15, 0.2) is 24.3 Å². The van der Waals surface area contributed by atoms with Crippen molar-refractivity contribution < 1.29 is 19.8 Å². The summed E-state index contributed by atoms with van der Waals surface area (Å²) in [6.45, 7) is 0.392. The molecule has 5 nitrogen and oxygen atoms in total. The smallest absolute Gasteiger partial charge is 0.306 e. The van der Waals surface area contributed by atoms with Crippen LogP contribution in [-0.4, -0.2) is 28.6 Å². The van der Waals surface area contributed by atoms with Crippen LogP contribution in [0, 0.1) is 11.8 Å². The predicted octanol–water partition coefficient (Wildman–Crippen LogP) is 1.55. The molecule has 0 radical (unpaired) electrons. The summed E-state index contributed by atoms with van der Waals surface area (Å²) in [6, 6.07) is 6.71. The number of phenolic OH excluding ortho intramolecular Hbond substituents is 1. The summed E-state index contributed by atoms with van der Waals surface area (Å²) < 4.78 is 0. The zero-order chi connectivity index (χ0) is 14.5. The maximum Gasteiger partial charge on any atom is 0.306 e. The van der Waals surface area contributed by atoms with Gasteiger partial charge in [-0.05, 0) is 24.8 Å². The number of phenols is 1. The Bertz CT molecular complexity index is 500. The van der Waals surface area contributed by atoms with Crippen LogP contribution in [0.1, 0.15) is 24.8 Å². The zero-order valence-electron chi connectivity index (χ0n) is 11.2. The fraction of sp³-hybridized carbons (Fsp3) is 0.467. The fourth-order valence-corrected chi connectivity index (χ4v) is 2.75. The van der Waals surface area contributed by atoms with Gasteiger partial charge in [0.05, 0.1) is 12.3 Å². The minimum atomic E-state index is -0.776. The second-order valence-corrected chi connectivity index (χ2v) is 5.25. The maximum atomic E-state index is 11.8. The standard InChI is InChI=1S/C15H19NO4/c17-13-7-2-1-4-10(13)8-14(18)16-9-11-5-3-6-12(11)15(19)20/h1-2,4,7,11-12,17H,3,5-6,8-9H2,(H,16,18)(H,19,20). The molecule has 108 valence electrons. The van der Waals surface area contributed by atoms with Crippen molar-refractivity contribution in [1.29, 1.82) is 0 Å².